The molecule has 1 heterocycles. The number of nitrogens with zero attached hydrogens (tertiary/aromatic N) is 1. The molecule has 18 heavy (non-hydrogen) atoms. The number of rotatable bonds is 3. The maximum Gasteiger partial charge on any atom is 0.0434 e. The van der Waals surface area contributed by atoms with E-state index in [1.165, 1.54) is 18.5 Å². The van der Waals surface area contributed by atoms with E-state index in [1.807, 2.05) is 0 Å². The van der Waals surface area contributed by atoms with Gasteiger partial charge >= 0.3 is 0 Å². The molecule has 0 amide bonds. The van der Waals surface area contributed by atoms with Gasteiger partial charge in [-0.05, 0) is 57.2 Å². The summed E-state index contributed by atoms with van der Waals surface area (Å²) in [5.41, 5.74) is 1.48. The highest BCUT2D eigenvalue weighted by molar-refractivity contribution is 9.10. The average molecular weight is 312 g/mol. The predicted molar refractivity (Wildman–Crippen MR) is 80.0 cm³/mol. The van der Waals surface area contributed by atoms with Crippen molar-refractivity contribution >= 4 is 21.6 Å². The van der Waals surface area contributed by atoms with Crippen molar-refractivity contribution in [3.63, 3.8) is 0 Å². The minimum atomic E-state index is 0.201. The van der Waals surface area contributed by atoms with Crippen molar-refractivity contribution in [1.82, 2.24) is 0 Å². The van der Waals surface area contributed by atoms with Crippen molar-refractivity contribution in [3.05, 3.63) is 28.7 Å². The van der Waals surface area contributed by atoms with Crippen LogP contribution in [-0.4, -0.2) is 23.8 Å². The van der Waals surface area contributed by atoms with Gasteiger partial charge < -0.3 is 10.0 Å². The molecule has 0 aliphatic carbocycles. The van der Waals surface area contributed by atoms with Gasteiger partial charge in [0.25, 0.3) is 0 Å². The molecule has 1 unspecified atom stereocenters. The topological polar surface area (TPSA) is 23.5 Å². The molecule has 1 atom stereocenters. The number of anilines is 1. The Hall–Kier alpha value is -0.540. The van der Waals surface area contributed by atoms with Gasteiger partial charge in [-0.2, -0.15) is 0 Å². The molecule has 0 spiro atoms. The molecule has 0 bridgehead atoms. The summed E-state index contributed by atoms with van der Waals surface area (Å²) < 4.78 is 1.13. The van der Waals surface area contributed by atoms with Crippen LogP contribution < -0.4 is 4.90 Å². The summed E-state index contributed by atoms with van der Waals surface area (Å²) in [4.78, 5) is 2.49. The summed E-state index contributed by atoms with van der Waals surface area (Å²) in [5, 5.41) is 9.12. The van der Waals surface area contributed by atoms with Crippen LogP contribution in [0.3, 0.4) is 0 Å². The number of aliphatic hydroxyl groups is 1. The van der Waals surface area contributed by atoms with E-state index in [0.717, 1.165) is 17.4 Å². The normalized spacial score (nSPS) is 23.1. The van der Waals surface area contributed by atoms with Gasteiger partial charge in [-0.1, -0.05) is 22.0 Å². The molecule has 2 rings (SSSR count). The molecule has 1 fully saturated rings. The maximum absolute atomic E-state index is 9.12. The van der Waals surface area contributed by atoms with Gasteiger partial charge in [0.2, 0.25) is 0 Å². The van der Waals surface area contributed by atoms with Crippen molar-refractivity contribution < 1.29 is 5.11 Å². The number of aliphatic hydroxyl groups excluding tert-OH is 1. The predicted octanol–water partition coefficient (Wildman–Crippen LogP) is 3.83. The van der Waals surface area contributed by atoms with Crippen molar-refractivity contribution in [1.29, 1.82) is 0 Å². The SMILES string of the molecule is CC1(C)CCC(CCO)CN1c1cccc(Br)c1. The molecule has 100 valence electrons. The van der Waals surface area contributed by atoms with Crippen LogP contribution in [0, 0.1) is 5.92 Å². The Bertz CT molecular complexity index is 405. The summed E-state index contributed by atoms with van der Waals surface area (Å²) in [6.45, 7) is 5.97. The molecule has 2 nitrogen and oxygen atoms in total. The summed E-state index contributed by atoms with van der Waals surface area (Å²) in [7, 11) is 0. The van der Waals surface area contributed by atoms with Crippen LogP contribution in [0.1, 0.15) is 33.1 Å². The van der Waals surface area contributed by atoms with Gasteiger partial charge in [-0.25, -0.2) is 0 Å². The van der Waals surface area contributed by atoms with Crippen LogP contribution in [0.2, 0.25) is 0 Å². The lowest BCUT2D eigenvalue weighted by Crippen LogP contribution is -2.50. The highest BCUT2D eigenvalue weighted by Gasteiger charge is 2.33. The number of piperidine rings is 1. The molecule has 1 aliphatic rings. The Morgan fingerprint density at radius 3 is 2.89 bits per heavy atom. The lowest BCUT2D eigenvalue weighted by Gasteiger charge is -2.47. The zero-order chi connectivity index (χ0) is 13.2. The number of hydrogen-bond donors (Lipinski definition) is 1. The third kappa shape index (κ3) is 3.07. The Kier molecular flexibility index (Phi) is 4.33. The molecular formula is C15H22BrNO. The Balaban J connectivity index is 2.21. The van der Waals surface area contributed by atoms with E-state index >= 15 is 0 Å². The molecule has 3 heteroatoms. The van der Waals surface area contributed by atoms with E-state index in [-0.39, 0.29) is 5.54 Å². The van der Waals surface area contributed by atoms with Gasteiger partial charge in [-0.15, -0.1) is 0 Å². The third-order valence-corrected chi connectivity index (χ3v) is 4.49. The van der Waals surface area contributed by atoms with Crippen molar-refractivity contribution in [2.45, 2.75) is 38.6 Å². The van der Waals surface area contributed by atoms with Crippen LogP contribution in [0.15, 0.2) is 28.7 Å². The van der Waals surface area contributed by atoms with Crippen molar-refractivity contribution in [2.75, 3.05) is 18.1 Å². The third-order valence-electron chi connectivity index (χ3n) is 3.99. The molecule has 0 aromatic heterocycles. The average Bonchev–Trinajstić information content (AvgIpc) is 2.31. The van der Waals surface area contributed by atoms with Gasteiger partial charge in [0, 0.05) is 28.9 Å². The first-order valence-electron chi connectivity index (χ1n) is 6.67. The number of hydrogen-bond acceptors (Lipinski definition) is 2. The fourth-order valence-electron chi connectivity index (χ4n) is 2.81. The Morgan fingerprint density at radius 1 is 1.44 bits per heavy atom. The van der Waals surface area contributed by atoms with E-state index < -0.39 is 0 Å². The van der Waals surface area contributed by atoms with Crippen molar-refractivity contribution in [2.24, 2.45) is 5.92 Å². The lowest BCUT2D eigenvalue weighted by atomic mass is 9.83. The zero-order valence-electron chi connectivity index (χ0n) is 11.2. The first-order chi connectivity index (χ1) is 8.53. The van der Waals surface area contributed by atoms with E-state index in [2.05, 4.69) is 58.9 Å². The highest BCUT2D eigenvalue weighted by atomic mass is 79.9. The molecule has 1 aliphatic heterocycles. The molecule has 0 radical (unpaired) electrons. The molecule has 1 saturated heterocycles. The fraction of sp³-hybridized carbons (Fsp3) is 0.600. The molecular weight excluding hydrogens is 290 g/mol. The molecule has 1 aromatic carbocycles. The van der Waals surface area contributed by atoms with Crippen LogP contribution >= 0.6 is 15.9 Å². The van der Waals surface area contributed by atoms with E-state index in [0.29, 0.717) is 12.5 Å². The smallest absolute Gasteiger partial charge is 0.0434 e. The van der Waals surface area contributed by atoms with Gasteiger partial charge in [-0.3, -0.25) is 0 Å². The number of benzene rings is 1. The quantitative estimate of drug-likeness (QED) is 0.917. The Labute approximate surface area is 118 Å². The first-order valence-corrected chi connectivity index (χ1v) is 7.46. The Morgan fingerprint density at radius 2 is 2.22 bits per heavy atom. The van der Waals surface area contributed by atoms with E-state index in [1.54, 1.807) is 0 Å². The summed E-state index contributed by atoms with van der Waals surface area (Å²) >= 11 is 3.55. The summed E-state index contributed by atoms with van der Waals surface area (Å²) in [6.07, 6.45) is 3.32. The first kappa shape index (κ1) is 13.9. The van der Waals surface area contributed by atoms with E-state index in [4.69, 9.17) is 5.11 Å². The zero-order valence-corrected chi connectivity index (χ0v) is 12.8. The number of halogens is 1. The van der Waals surface area contributed by atoms with Crippen LogP contribution in [0.5, 0.6) is 0 Å². The molecule has 1 N–H and O–H groups in total. The van der Waals surface area contributed by atoms with Crippen LogP contribution in [0.4, 0.5) is 5.69 Å². The maximum atomic E-state index is 9.12. The lowest BCUT2D eigenvalue weighted by molar-refractivity contribution is 0.217. The van der Waals surface area contributed by atoms with E-state index in [9.17, 15) is 0 Å². The van der Waals surface area contributed by atoms with Crippen molar-refractivity contribution in [3.8, 4) is 0 Å². The standard InChI is InChI=1S/C15H22BrNO/c1-15(2)8-6-12(7-9-18)11-17(15)14-5-3-4-13(16)10-14/h3-5,10,12,18H,6-9,11H2,1-2H3. The minimum Gasteiger partial charge on any atom is -0.396 e. The summed E-state index contributed by atoms with van der Waals surface area (Å²) in [6, 6.07) is 8.51. The second-order valence-electron chi connectivity index (χ2n) is 5.82. The largest absolute Gasteiger partial charge is 0.396 e. The second-order valence-corrected chi connectivity index (χ2v) is 6.74. The fourth-order valence-corrected chi connectivity index (χ4v) is 3.19. The highest BCUT2D eigenvalue weighted by Crippen LogP contribution is 2.36. The molecule has 0 saturated carbocycles. The monoisotopic (exact) mass is 311 g/mol. The summed E-state index contributed by atoms with van der Waals surface area (Å²) in [5.74, 6) is 0.613. The van der Waals surface area contributed by atoms with Gasteiger partial charge in [0.05, 0.1) is 0 Å². The minimum absolute atomic E-state index is 0.201. The van der Waals surface area contributed by atoms with Gasteiger partial charge in [0.1, 0.15) is 0 Å². The second kappa shape index (κ2) is 5.62. The van der Waals surface area contributed by atoms with Crippen LogP contribution in [0.25, 0.3) is 0 Å². The molecule has 1 aromatic rings. The van der Waals surface area contributed by atoms with Gasteiger partial charge in [0.15, 0.2) is 0 Å². The van der Waals surface area contributed by atoms with Crippen LogP contribution in [-0.2, 0) is 0 Å².